The van der Waals surface area contributed by atoms with Gasteiger partial charge in [0.05, 0.1) is 0 Å². The summed E-state index contributed by atoms with van der Waals surface area (Å²) in [4.78, 5) is 11.6. The summed E-state index contributed by atoms with van der Waals surface area (Å²) in [5.41, 5.74) is 2.70. The van der Waals surface area contributed by atoms with Crippen LogP contribution in [-0.4, -0.2) is 11.1 Å². The van der Waals surface area contributed by atoms with Gasteiger partial charge in [0.25, 0.3) is 0 Å². The van der Waals surface area contributed by atoms with E-state index in [4.69, 9.17) is 11.6 Å². The van der Waals surface area contributed by atoms with E-state index in [-0.39, 0.29) is 0 Å². The first-order valence-corrected chi connectivity index (χ1v) is 7.36. The van der Waals surface area contributed by atoms with Gasteiger partial charge in [-0.05, 0) is 48.1 Å². The van der Waals surface area contributed by atoms with Crippen LogP contribution in [0.5, 0.6) is 0 Å². The van der Waals surface area contributed by atoms with Gasteiger partial charge >= 0.3 is 5.97 Å². The van der Waals surface area contributed by atoms with E-state index in [0.717, 1.165) is 5.56 Å². The molecule has 0 amide bonds. The third-order valence-corrected chi connectivity index (χ3v) is 3.91. The second-order valence-corrected chi connectivity index (χ2v) is 5.81. The van der Waals surface area contributed by atoms with Crippen molar-refractivity contribution in [1.29, 1.82) is 0 Å². The van der Waals surface area contributed by atoms with Gasteiger partial charge in [0.1, 0.15) is 0 Å². The standard InChI is InChI=1S/C17H16ClNO2/c18-14-5-2-6-15(10-14)19-16(17(20)21)13-4-1-3-12(9-13)11-7-8-11/h1-6,9-11,16,19H,7-8H2,(H,20,21). The average Bonchev–Trinajstić information content (AvgIpc) is 3.29. The van der Waals surface area contributed by atoms with E-state index in [1.165, 1.54) is 18.4 Å². The first-order valence-electron chi connectivity index (χ1n) is 6.98. The summed E-state index contributed by atoms with van der Waals surface area (Å²) in [6, 6.07) is 14.2. The smallest absolute Gasteiger partial charge is 0.330 e. The van der Waals surface area contributed by atoms with Crippen molar-refractivity contribution in [2.45, 2.75) is 24.8 Å². The van der Waals surface area contributed by atoms with Crippen LogP contribution < -0.4 is 5.32 Å². The second kappa shape index (κ2) is 5.78. The predicted octanol–water partition coefficient (Wildman–Crippen LogP) is 4.46. The SMILES string of the molecule is O=C(O)C(Nc1cccc(Cl)c1)c1cccc(C2CC2)c1. The Hall–Kier alpha value is -2.00. The number of rotatable bonds is 5. The van der Waals surface area contributed by atoms with Crippen LogP contribution >= 0.6 is 11.6 Å². The minimum atomic E-state index is -0.900. The lowest BCUT2D eigenvalue weighted by Gasteiger charge is -2.17. The lowest BCUT2D eigenvalue weighted by Crippen LogP contribution is -2.20. The third-order valence-electron chi connectivity index (χ3n) is 3.68. The summed E-state index contributed by atoms with van der Waals surface area (Å²) in [6.07, 6.45) is 2.39. The maximum atomic E-state index is 11.6. The van der Waals surface area contributed by atoms with Crippen molar-refractivity contribution >= 4 is 23.3 Å². The Kier molecular flexibility index (Phi) is 3.84. The third kappa shape index (κ3) is 3.37. The molecule has 21 heavy (non-hydrogen) atoms. The molecule has 1 aliphatic carbocycles. The molecule has 4 heteroatoms. The summed E-state index contributed by atoms with van der Waals surface area (Å²) < 4.78 is 0. The highest BCUT2D eigenvalue weighted by molar-refractivity contribution is 6.30. The molecule has 2 aromatic rings. The van der Waals surface area contributed by atoms with Gasteiger partial charge in [0.2, 0.25) is 0 Å². The Balaban J connectivity index is 1.87. The van der Waals surface area contributed by atoms with Gasteiger partial charge in [-0.1, -0.05) is 41.9 Å². The largest absolute Gasteiger partial charge is 0.479 e. The van der Waals surface area contributed by atoms with Crippen molar-refractivity contribution < 1.29 is 9.90 Å². The van der Waals surface area contributed by atoms with Crippen molar-refractivity contribution in [1.82, 2.24) is 0 Å². The van der Waals surface area contributed by atoms with Crippen molar-refractivity contribution in [3.8, 4) is 0 Å². The lowest BCUT2D eigenvalue weighted by atomic mass is 10.0. The van der Waals surface area contributed by atoms with Crippen molar-refractivity contribution in [2.75, 3.05) is 5.32 Å². The summed E-state index contributed by atoms with van der Waals surface area (Å²) in [5, 5.41) is 13.1. The number of hydrogen-bond donors (Lipinski definition) is 2. The predicted molar refractivity (Wildman–Crippen MR) is 83.9 cm³/mol. The molecular formula is C17H16ClNO2. The number of anilines is 1. The fraction of sp³-hybridized carbons (Fsp3) is 0.235. The topological polar surface area (TPSA) is 49.3 Å². The number of aliphatic carboxylic acids is 1. The van der Waals surface area contributed by atoms with E-state index in [0.29, 0.717) is 16.6 Å². The first-order chi connectivity index (χ1) is 10.1. The Morgan fingerprint density at radius 1 is 1.19 bits per heavy atom. The highest BCUT2D eigenvalue weighted by Gasteiger charge is 2.26. The Labute approximate surface area is 128 Å². The Bertz CT molecular complexity index is 667. The van der Waals surface area contributed by atoms with E-state index in [2.05, 4.69) is 11.4 Å². The van der Waals surface area contributed by atoms with Gasteiger partial charge < -0.3 is 10.4 Å². The van der Waals surface area contributed by atoms with Gasteiger partial charge in [-0.2, -0.15) is 0 Å². The molecule has 1 aliphatic rings. The fourth-order valence-electron chi connectivity index (χ4n) is 2.44. The zero-order valence-corrected chi connectivity index (χ0v) is 12.2. The number of halogens is 1. The van der Waals surface area contributed by atoms with E-state index < -0.39 is 12.0 Å². The number of carboxylic acids is 1. The highest BCUT2D eigenvalue weighted by Crippen LogP contribution is 2.40. The summed E-state index contributed by atoms with van der Waals surface area (Å²) in [6.45, 7) is 0. The molecule has 1 atom stereocenters. The Morgan fingerprint density at radius 3 is 2.62 bits per heavy atom. The summed E-state index contributed by atoms with van der Waals surface area (Å²) in [5.74, 6) is -0.298. The van der Waals surface area contributed by atoms with Crippen LogP contribution in [0.15, 0.2) is 48.5 Å². The van der Waals surface area contributed by atoms with Crippen LogP contribution in [-0.2, 0) is 4.79 Å². The van der Waals surface area contributed by atoms with Gasteiger partial charge in [-0.3, -0.25) is 0 Å². The van der Waals surface area contributed by atoms with Crippen LogP contribution in [0.3, 0.4) is 0 Å². The maximum Gasteiger partial charge on any atom is 0.330 e. The molecule has 0 heterocycles. The number of carboxylic acid groups (broad SMARTS) is 1. The van der Waals surface area contributed by atoms with Crippen molar-refractivity contribution in [2.24, 2.45) is 0 Å². The van der Waals surface area contributed by atoms with Crippen molar-refractivity contribution in [3.05, 3.63) is 64.7 Å². The lowest BCUT2D eigenvalue weighted by molar-refractivity contribution is -0.138. The number of benzene rings is 2. The van der Waals surface area contributed by atoms with Gasteiger partial charge in [-0.15, -0.1) is 0 Å². The van der Waals surface area contributed by atoms with Crippen LogP contribution in [0.25, 0.3) is 0 Å². The number of hydrogen-bond acceptors (Lipinski definition) is 2. The maximum absolute atomic E-state index is 11.6. The first kappa shape index (κ1) is 14.0. The molecule has 0 bridgehead atoms. The number of carbonyl (C=O) groups is 1. The van der Waals surface area contributed by atoms with Crippen LogP contribution in [0.2, 0.25) is 5.02 Å². The normalized spacial score (nSPS) is 15.5. The second-order valence-electron chi connectivity index (χ2n) is 5.37. The molecule has 2 aromatic carbocycles. The molecular weight excluding hydrogens is 286 g/mol. The monoisotopic (exact) mass is 301 g/mol. The highest BCUT2D eigenvalue weighted by atomic mass is 35.5. The van der Waals surface area contributed by atoms with Gasteiger partial charge in [0.15, 0.2) is 6.04 Å². The van der Waals surface area contributed by atoms with Gasteiger partial charge in [-0.25, -0.2) is 4.79 Å². The fourth-order valence-corrected chi connectivity index (χ4v) is 2.63. The summed E-state index contributed by atoms with van der Waals surface area (Å²) in [7, 11) is 0. The minimum absolute atomic E-state index is 0.580. The minimum Gasteiger partial charge on any atom is -0.479 e. The van der Waals surface area contributed by atoms with Crippen molar-refractivity contribution in [3.63, 3.8) is 0 Å². The molecule has 0 aromatic heterocycles. The van der Waals surface area contributed by atoms with E-state index in [9.17, 15) is 9.90 Å². The van der Waals surface area contributed by atoms with Crippen LogP contribution in [0.1, 0.15) is 35.9 Å². The van der Waals surface area contributed by atoms with Crippen LogP contribution in [0, 0.1) is 0 Å². The Morgan fingerprint density at radius 2 is 1.95 bits per heavy atom. The molecule has 0 spiro atoms. The quantitative estimate of drug-likeness (QED) is 0.857. The molecule has 0 saturated heterocycles. The molecule has 1 saturated carbocycles. The summed E-state index contributed by atoms with van der Waals surface area (Å²) >= 11 is 5.94. The molecule has 1 fully saturated rings. The average molecular weight is 302 g/mol. The molecule has 3 rings (SSSR count). The molecule has 108 valence electrons. The molecule has 3 nitrogen and oxygen atoms in total. The van der Waals surface area contributed by atoms with E-state index >= 15 is 0 Å². The zero-order chi connectivity index (χ0) is 14.8. The number of nitrogens with one attached hydrogen (secondary N) is 1. The van der Waals surface area contributed by atoms with E-state index in [1.54, 1.807) is 18.2 Å². The molecule has 0 radical (unpaired) electrons. The molecule has 1 unspecified atom stereocenters. The van der Waals surface area contributed by atoms with Gasteiger partial charge in [0, 0.05) is 10.7 Å². The molecule has 0 aliphatic heterocycles. The van der Waals surface area contributed by atoms with E-state index in [1.807, 2.05) is 24.3 Å². The van der Waals surface area contributed by atoms with Crippen LogP contribution in [0.4, 0.5) is 5.69 Å². The molecule has 2 N–H and O–H groups in total. The zero-order valence-electron chi connectivity index (χ0n) is 11.4.